The van der Waals surface area contributed by atoms with E-state index in [9.17, 15) is 0 Å². The van der Waals surface area contributed by atoms with E-state index < -0.39 is 0 Å². The Bertz CT molecular complexity index is 421. The highest BCUT2D eigenvalue weighted by atomic mass is 15.0. The van der Waals surface area contributed by atoms with Crippen molar-refractivity contribution >= 4 is 17.6 Å². The first-order valence-electron chi connectivity index (χ1n) is 5.02. The quantitative estimate of drug-likeness (QED) is 0.793. The van der Waals surface area contributed by atoms with Crippen LogP contribution in [0.3, 0.4) is 0 Å². The van der Waals surface area contributed by atoms with E-state index in [0.717, 1.165) is 35.6 Å². The fourth-order valence-corrected chi connectivity index (χ4v) is 1.66. The van der Waals surface area contributed by atoms with Crippen LogP contribution in [-0.2, 0) is 0 Å². The summed E-state index contributed by atoms with van der Waals surface area (Å²) in [5, 5.41) is 3.05. The molecule has 0 saturated carbocycles. The Hall–Kier alpha value is -1.71. The second kappa shape index (κ2) is 4.21. The van der Waals surface area contributed by atoms with Crippen LogP contribution < -0.4 is 5.32 Å². The van der Waals surface area contributed by atoms with Crippen molar-refractivity contribution in [3.05, 3.63) is 23.7 Å². The summed E-state index contributed by atoms with van der Waals surface area (Å²) in [6.45, 7) is 2.90. The molecule has 0 unspecified atom stereocenters. The molecule has 1 aliphatic rings. The lowest BCUT2D eigenvalue weighted by atomic mass is 10.1. The van der Waals surface area contributed by atoms with Gasteiger partial charge in [0.2, 0.25) is 0 Å². The number of hydrogen-bond donors (Lipinski definition) is 1. The van der Waals surface area contributed by atoms with Crippen LogP contribution in [0.15, 0.2) is 17.4 Å². The van der Waals surface area contributed by atoms with Gasteiger partial charge in [-0.25, -0.2) is 9.97 Å². The van der Waals surface area contributed by atoms with Crippen LogP contribution in [-0.4, -0.2) is 29.8 Å². The summed E-state index contributed by atoms with van der Waals surface area (Å²) in [4.78, 5) is 12.7. The molecule has 0 atom stereocenters. The third-order valence-corrected chi connectivity index (χ3v) is 2.45. The molecule has 1 aromatic heterocycles. The van der Waals surface area contributed by atoms with E-state index in [1.165, 1.54) is 0 Å². The number of aromatic nitrogens is 2. The van der Waals surface area contributed by atoms with E-state index >= 15 is 0 Å². The van der Waals surface area contributed by atoms with Crippen LogP contribution in [0.4, 0.5) is 5.82 Å². The Morgan fingerprint density at radius 1 is 1.33 bits per heavy atom. The summed E-state index contributed by atoms with van der Waals surface area (Å²) < 4.78 is 0. The number of hydrogen-bond acceptors (Lipinski definition) is 4. The summed E-state index contributed by atoms with van der Waals surface area (Å²) in [6, 6.07) is 0. The molecular weight excluding hydrogens is 188 g/mol. The number of nitrogens with zero attached hydrogens (tertiary/aromatic N) is 3. The summed E-state index contributed by atoms with van der Waals surface area (Å²) in [6.07, 6.45) is 6.63. The molecule has 0 aromatic carbocycles. The number of rotatable bonds is 2. The summed E-state index contributed by atoms with van der Waals surface area (Å²) in [5.41, 5.74) is 3.13. The van der Waals surface area contributed by atoms with Gasteiger partial charge >= 0.3 is 0 Å². The van der Waals surface area contributed by atoms with Gasteiger partial charge in [0.15, 0.2) is 0 Å². The van der Waals surface area contributed by atoms with Gasteiger partial charge in [0, 0.05) is 30.9 Å². The predicted octanol–water partition coefficient (Wildman–Crippen LogP) is 1.68. The average Bonchev–Trinajstić information content (AvgIpc) is 2.30. The monoisotopic (exact) mass is 202 g/mol. The third-order valence-electron chi connectivity index (χ3n) is 2.45. The molecule has 1 aromatic rings. The first-order valence-corrected chi connectivity index (χ1v) is 5.02. The summed E-state index contributed by atoms with van der Waals surface area (Å²) >= 11 is 0. The highest BCUT2D eigenvalue weighted by Crippen LogP contribution is 2.21. The Morgan fingerprint density at radius 3 is 2.87 bits per heavy atom. The number of dihydropyridines is 1. The van der Waals surface area contributed by atoms with Crippen molar-refractivity contribution in [2.45, 2.75) is 13.3 Å². The normalized spacial score (nSPS) is 14.9. The largest absolute Gasteiger partial charge is 0.373 e. The lowest BCUT2D eigenvalue weighted by Crippen LogP contribution is -2.04. The van der Waals surface area contributed by atoms with Gasteiger partial charge in [-0.15, -0.1) is 0 Å². The van der Waals surface area contributed by atoms with Crippen LogP contribution in [0.1, 0.15) is 17.7 Å². The van der Waals surface area contributed by atoms with Gasteiger partial charge in [0.1, 0.15) is 12.1 Å². The van der Waals surface area contributed by atoms with Crippen LogP contribution in [0.25, 0.3) is 5.57 Å². The fourth-order valence-electron chi connectivity index (χ4n) is 1.66. The molecule has 1 aliphatic heterocycles. The lowest BCUT2D eigenvalue weighted by molar-refractivity contribution is 0.999. The molecule has 0 amide bonds. The van der Waals surface area contributed by atoms with Crippen LogP contribution in [0.2, 0.25) is 0 Å². The molecule has 78 valence electrons. The Kier molecular flexibility index (Phi) is 2.76. The van der Waals surface area contributed by atoms with Gasteiger partial charge in [-0.2, -0.15) is 0 Å². The van der Waals surface area contributed by atoms with Crippen LogP contribution in [0.5, 0.6) is 0 Å². The first kappa shape index (κ1) is 9.83. The van der Waals surface area contributed by atoms with Gasteiger partial charge in [-0.05, 0) is 13.3 Å². The van der Waals surface area contributed by atoms with Crippen molar-refractivity contribution in [2.75, 3.05) is 18.9 Å². The van der Waals surface area contributed by atoms with Crippen LogP contribution in [0, 0.1) is 6.92 Å². The molecule has 4 heteroatoms. The zero-order valence-corrected chi connectivity index (χ0v) is 8.99. The Labute approximate surface area is 89.2 Å². The van der Waals surface area contributed by atoms with Gasteiger partial charge in [-0.3, -0.25) is 4.99 Å². The number of nitrogens with one attached hydrogen (secondary N) is 1. The zero-order valence-electron chi connectivity index (χ0n) is 8.99. The SMILES string of the molecule is CNc1ncnc(C2=CCCN=C2)c1C. The maximum atomic E-state index is 4.30. The van der Waals surface area contributed by atoms with Crippen molar-refractivity contribution in [2.24, 2.45) is 4.99 Å². The molecule has 1 N–H and O–H groups in total. The molecule has 0 fully saturated rings. The second-order valence-electron chi connectivity index (χ2n) is 3.43. The van der Waals surface area contributed by atoms with E-state index in [2.05, 4.69) is 26.4 Å². The first-order chi connectivity index (χ1) is 7.33. The minimum Gasteiger partial charge on any atom is -0.373 e. The van der Waals surface area contributed by atoms with Crippen molar-refractivity contribution in [1.82, 2.24) is 9.97 Å². The summed E-state index contributed by atoms with van der Waals surface area (Å²) in [7, 11) is 1.86. The van der Waals surface area contributed by atoms with Crippen molar-refractivity contribution in [3.63, 3.8) is 0 Å². The molecule has 2 rings (SSSR count). The molecule has 2 heterocycles. The smallest absolute Gasteiger partial charge is 0.132 e. The number of anilines is 1. The van der Waals surface area contributed by atoms with E-state index in [-0.39, 0.29) is 0 Å². The van der Waals surface area contributed by atoms with E-state index in [1.54, 1.807) is 6.33 Å². The maximum absolute atomic E-state index is 4.30. The van der Waals surface area contributed by atoms with Gasteiger partial charge in [-0.1, -0.05) is 6.08 Å². The fraction of sp³-hybridized carbons (Fsp3) is 0.364. The number of allylic oxidation sites excluding steroid dienone is 1. The summed E-state index contributed by atoms with van der Waals surface area (Å²) in [5.74, 6) is 0.875. The second-order valence-corrected chi connectivity index (χ2v) is 3.43. The maximum Gasteiger partial charge on any atom is 0.132 e. The molecule has 15 heavy (non-hydrogen) atoms. The Morgan fingerprint density at radius 2 is 2.20 bits per heavy atom. The molecular formula is C11H14N4. The van der Waals surface area contributed by atoms with Crippen molar-refractivity contribution in [3.8, 4) is 0 Å². The molecule has 0 spiro atoms. The van der Waals surface area contributed by atoms with Gasteiger partial charge in [0.25, 0.3) is 0 Å². The highest BCUT2D eigenvalue weighted by molar-refractivity contribution is 6.10. The van der Waals surface area contributed by atoms with Crippen LogP contribution >= 0.6 is 0 Å². The van der Waals surface area contributed by atoms with Crippen molar-refractivity contribution in [1.29, 1.82) is 0 Å². The molecule has 0 saturated heterocycles. The topological polar surface area (TPSA) is 50.2 Å². The predicted molar refractivity (Wildman–Crippen MR) is 62.3 cm³/mol. The van der Waals surface area contributed by atoms with Crippen molar-refractivity contribution < 1.29 is 0 Å². The molecule has 0 aliphatic carbocycles. The van der Waals surface area contributed by atoms with E-state index in [4.69, 9.17) is 0 Å². The minimum atomic E-state index is 0.875. The van der Waals surface area contributed by atoms with E-state index in [0.29, 0.717) is 0 Å². The van der Waals surface area contributed by atoms with Gasteiger partial charge in [0.05, 0.1) is 5.69 Å². The zero-order chi connectivity index (χ0) is 10.7. The third kappa shape index (κ3) is 1.88. The average molecular weight is 202 g/mol. The standard InChI is InChI=1S/C11H14N4/c1-8-10(9-4-3-5-13-6-9)14-7-15-11(8)12-2/h4,6-7H,3,5H2,1-2H3,(H,12,14,15). The van der Waals surface area contributed by atoms with E-state index in [1.807, 2.05) is 20.2 Å². The molecule has 0 radical (unpaired) electrons. The molecule has 0 bridgehead atoms. The number of aliphatic imine (C=N–C) groups is 1. The Balaban J connectivity index is 2.44. The lowest BCUT2D eigenvalue weighted by Gasteiger charge is -2.11. The highest BCUT2D eigenvalue weighted by Gasteiger charge is 2.10. The minimum absolute atomic E-state index is 0.875. The molecule has 4 nitrogen and oxygen atoms in total. The van der Waals surface area contributed by atoms with Gasteiger partial charge < -0.3 is 5.32 Å².